The third-order valence-corrected chi connectivity index (χ3v) is 3.59. The molecule has 0 amide bonds. The normalized spacial score (nSPS) is 10.7. The van der Waals surface area contributed by atoms with E-state index in [4.69, 9.17) is 5.73 Å². The van der Waals surface area contributed by atoms with Gasteiger partial charge in [-0.1, -0.05) is 30.3 Å². The molecule has 0 fully saturated rings. The monoisotopic (exact) mass is 284 g/mol. The third kappa shape index (κ3) is 2.62. The van der Waals surface area contributed by atoms with Crippen LogP contribution in [-0.2, 0) is 7.05 Å². The molecule has 20 heavy (non-hydrogen) atoms. The number of anilines is 1. The van der Waals surface area contributed by atoms with Crippen molar-refractivity contribution in [2.75, 3.05) is 5.73 Å². The van der Waals surface area contributed by atoms with Gasteiger partial charge >= 0.3 is 0 Å². The predicted molar refractivity (Wildman–Crippen MR) is 77.0 cm³/mol. The number of hydrogen-bond acceptors (Lipinski definition) is 6. The molecule has 0 saturated carbocycles. The molecule has 2 heterocycles. The molecule has 0 atom stereocenters. The first-order chi connectivity index (χ1) is 9.72. The molecule has 0 aliphatic carbocycles. The van der Waals surface area contributed by atoms with E-state index in [0.29, 0.717) is 11.6 Å². The molecule has 7 heteroatoms. The summed E-state index contributed by atoms with van der Waals surface area (Å²) in [5, 5.41) is 9.35. The second-order valence-electron chi connectivity index (χ2n) is 4.15. The fourth-order valence-electron chi connectivity index (χ4n) is 1.67. The van der Waals surface area contributed by atoms with E-state index in [9.17, 15) is 0 Å². The summed E-state index contributed by atoms with van der Waals surface area (Å²) in [5.74, 6) is 1.04. The van der Waals surface area contributed by atoms with Crippen molar-refractivity contribution in [3.8, 4) is 11.4 Å². The molecule has 0 spiro atoms. The Morgan fingerprint density at radius 2 is 1.95 bits per heavy atom. The van der Waals surface area contributed by atoms with Crippen LogP contribution >= 0.6 is 11.8 Å². The molecule has 0 bridgehead atoms. The number of aromatic nitrogens is 5. The molecular weight excluding hydrogens is 272 g/mol. The maximum atomic E-state index is 5.86. The highest BCUT2D eigenvalue weighted by atomic mass is 32.2. The molecule has 6 nitrogen and oxygen atoms in total. The Morgan fingerprint density at radius 3 is 2.65 bits per heavy atom. The average Bonchev–Trinajstić information content (AvgIpc) is 2.85. The van der Waals surface area contributed by atoms with Gasteiger partial charge in [0.15, 0.2) is 11.0 Å². The Kier molecular flexibility index (Phi) is 3.34. The van der Waals surface area contributed by atoms with Crippen molar-refractivity contribution in [2.45, 2.75) is 10.2 Å². The lowest BCUT2D eigenvalue weighted by molar-refractivity contribution is 0.787. The van der Waals surface area contributed by atoms with E-state index < -0.39 is 0 Å². The Labute approximate surface area is 120 Å². The minimum absolute atomic E-state index is 0.434. The van der Waals surface area contributed by atoms with E-state index >= 15 is 0 Å². The summed E-state index contributed by atoms with van der Waals surface area (Å²) >= 11 is 1.40. The van der Waals surface area contributed by atoms with Gasteiger partial charge in [-0.05, 0) is 11.8 Å². The zero-order valence-electron chi connectivity index (χ0n) is 10.8. The van der Waals surface area contributed by atoms with E-state index in [2.05, 4.69) is 20.2 Å². The first-order valence-corrected chi connectivity index (χ1v) is 6.76. The highest BCUT2D eigenvalue weighted by Crippen LogP contribution is 2.26. The van der Waals surface area contributed by atoms with Gasteiger partial charge in [0.2, 0.25) is 0 Å². The lowest BCUT2D eigenvalue weighted by Gasteiger charge is -2.05. The van der Waals surface area contributed by atoms with Crippen LogP contribution in [0.4, 0.5) is 5.82 Å². The lowest BCUT2D eigenvalue weighted by atomic mass is 10.2. The van der Waals surface area contributed by atoms with Gasteiger partial charge in [-0.3, -0.25) is 0 Å². The van der Waals surface area contributed by atoms with Crippen molar-refractivity contribution in [3.05, 3.63) is 42.7 Å². The quantitative estimate of drug-likeness (QED) is 0.741. The standard InChI is InChI=1S/C13H12N6S/c1-19-8-15-18-13(19)20-11-7-10(14)16-12(17-11)9-5-3-2-4-6-9/h2-8H,1H3,(H2,14,16,17). The van der Waals surface area contributed by atoms with Crippen molar-refractivity contribution in [2.24, 2.45) is 7.05 Å². The van der Waals surface area contributed by atoms with Gasteiger partial charge in [0.1, 0.15) is 17.2 Å². The molecule has 3 aromatic rings. The summed E-state index contributed by atoms with van der Waals surface area (Å²) in [6, 6.07) is 11.5. The molecule has 1 aromatic carbocycles. The molecule has 2 aromatic heterocycles. The topological polar surface area (TPSA) is 82.5 Å². The fourth-order valence-corrected chi connectivity index (χ4v) is 2.45. The summed E-state index contributed by atoms with van der Waals surface area (Å²) in [4.78, 5) is 8.78. The van der Waals surface area contributed by atoms with Gasteiger partial charge in [-0.2, -0.15) is 0 Å². The van der Waals surface area contributed by atoms with Crippen molar-refractivity contribution >= 4 is 17.6 Å². The van der Waals surface area contributed by atoms with Gasteiger partial charge in [0.05, 0.1) is 0 Å². The van der Waals surface area contributed by atoms with Crippen molar-refractivity contribution in [1.82, 2.24) is 24.7 Å². The van der Waals surface area contributed by atoms with E-state index in [0.717, 1.165) is 15.7 Å². The average molecular weight is 284 g/mol. The maximum Gasteiger partial charge on any atom is 0.197 e. The van der Waals surface area contributed by atoms with Crippen LogP contribution in [0.5, 0.6) is 0 Å². The van der Waals surface area contributed by atoms with Crippen LogP contribution in [0.3, 0.4) is 0 Å². The van der Waals surface area contributed by atoms with Crippen LogP contribution in [0.25, 0.3) is 11.4 Å². The largest absolute Gasteiger partial charge is 0.384 e. The van der Waals surface area contributed by atoms with Gasteiger partial charge in [-0.15, -0.1) is 10.2 Å². The van der Waals surface area contributed by atoms with Crippen LogP contribution in [-0.4, -0.2) is 24.7 Å². The second kappa shape index (κ2) is 5.30. The molecule has 0 unspecified atom stereocenters. The first-order valence-electron chi connectivity index (χ1n) is 5.94. The summed E-state index contributed by atoms with van der Waals surface area (Å²) in [5.41, 5.74) is 6.79. The number of hydrogen-bond donors (Lipinski definition) is 1. The van der Waals surface area contributed by atoms with Gasteiger partial charge in [0, 0.05) is 18.7 Å². The Bertz CT molecular complexity index is 725. The zero-order valence-corrected chi connectivity index (χ0v) is 11.6. The van der Waals surface area contributed by atoms with E-state index in [1.165, 1.54) is 11.8 Å². The van der Waals surface area contributed by atoms with Crippen LogP contribution in [0, 0.1) is 0 Å². The molecule has 0 aliphatic heterocycles. The Hall–Kier alpha value is -2.41. The van der Waals surface area contributed by atoms with E-state index in [1.807, 2.05) is 41.9 Å². The number of nitrogens with two attached hydrogens (primary N) is 1. The van der Waals surface area contributed by atoms with Crippen molar-refractivity contribution in [3.63, 3.8) is 0 Å². The van der Waals surface area contributed by atoms with Gasteiger partial charge < -0.3 is 10.3 Å². The Balaban J connectivity index is 1.97. The molecule has 0 saturated heterocycles. The summed E-state index contributed by atoms with van der Waals surface area (Å²) in [7, 11) is 1.88. The minimum Gasteiger partial charge on any atom is -0.384 e. The second-order valence-corrected chi connectivity index (χ2v) is 5.13. The van der Waals surface area contributed by atoms with E-state index in [1.54, 1.807) is 12.4 Å². The number of nitrogens with zero attached hydrogens (tertiary/aromatic N) is 5. The smallest absolute Gasteiger partial charge is 0.197 e. The highest BCUT2D eigenvalue weighted by molar-refractivity contribution is 7.99. The third-order valence-electron chi connectivity index (χ3n) is 2.62. The zero-order chi connectivity index (χ0) is 13.9. The van der Waals surface area contributed by atoms with Crippen molar-refractivity contribution in [1.29, 1.82) is 0 Å². The number of rotatable bonds is 3. The SMILES string of the molecule is Cn1cnnc1Sc1cc(N)nc(-c2ccccc2)n1. The van der Waals surface area contributed by atoms with Crippen LogP contribution in [0.1, 0.15) is 0 Å². The molecule has 0 radical (unpaired) electrons. The summed E-state index contributed by atoms with van der Waals surface area (Å²) < 4.78 is 1.82. The van der Waals surface area contributed by atoms with Crippen LogP contribution < -0.4 is 5.73 Å². The fraction of sp³-hybridized carbons (Fsp3) is 0.0769. The highest BCUT2D eigenvalue weighted by Gasteiger charge is 2.09. The molecule has 3 rings (SSSR count). The van der Waals surface area contributed by atoms with Crippen molar-refractivity contribution < 1.29 is 0 Å². The Morgan fingerprint density at radius 1 is 1.15 bits per heavy atom. The lowest BCUT2D eigenvalue weighted by Crippen LogP contribution is -1.98. The van der Waals surface area contributed by atoms with Crippen LogP contribution in [0.2, 0.25) is 0 Å². The van der Waals surface area contributed by atoms with Gasteiger partial charge in [0.25, 0.3) is 0 Å². The number of benzene rings is 1. The number of aryl methyl sites for hydroxylation is 1. The molecule has 0 aliphatic rings. The van der Waals surface area contributed by atoms with E-state index in [-0.39, 0.29) is 0 Å². The summed E-state index contributed by atoms with van der Waals surface area (Å²) in [6.45, 7) is 0. The molecule has 100 valence electrons. The predicted octanol–water partition coefficient (Wildman–Crippen LogP) is 2.01. The molecular formula is C13H12N6S. The maximum absolute atomic E-state index is 5.86. The van der Waals surface area contributed by atoms with Crippen LogP contribution in [0.15, 0.2) is 52.9 Å². The summed E-state index contributed by atoms with van der Waals surface area (Å²) in [6.07, 6.45) is 1.64. The number of nitrogen functional groups attached to an aromatic ring is 1. The molecule has 2 N–H and O–H groups in total. The van der Waals surface area contributed by atoms with Gasteiger partial charge in [-0.25, -0.2) is 9.97 Å². The minimum atomic E-state index is 0.434. The first kappa shape index (κ1) is 12.6.